The van der Waals surface area contributed by atoms with E-state index in [2.05, 4.69) is 41.3 Å². The van der Waals surface area contributed by atoms with E-state index in [1.807, 2.05) is 6.92 Å². The number of thioether (sulfide) groups is 1. The summed E-state index contributed by atoms with van der Waals surface area (Å²) in [7, 11) is 0. The van der Waals surface area contributed by atoms with Crippen LogP contribution in [0.2, 0.25) is 0 Å². The Hall–Kier alpha value is -1.33. The van der Waals surface area contributed by atoms with Crippen LogP contribution in [0.25, 0.3) is 0 Å². The maximum Gasteiger partial charge on any atom is 0.232 e. The van der Waals surface area contributed by atoms with Crippen LogP contribution in [-0.2, 0) is 5.75 Å². The molecule has 5 heteroatoms. The Morgan fingerprint density at radius 1 is 1.30 bits per heavy atom. The van der Waals surface area contributed by atoms with Crippen molar-refractivity contribution in [1.29, 1.82) is 0 Å². The minimum atomic E-state index is -0.474. The van der Waals surface area contributed by atoms with Gasteiger partial charge >= 0.3 is 0 Å². The molecule has 2 rings (SSSR count). The van der Waals surface area contributed by atoms with Crippen LogP contribution in [0.3, 0.4) is 0 Å². The molecule has 0 amide bonds. The van der Waals surface area contributed by atoms with Crippen molar-refractivity contribution >= 4 is 11.8 Å². The Balaban J connectivity index is 1.97. The summed E-state index contributed by atoms with van der Waals surface area (Å²) in [6, 6.07) is 8.35. The molecule has 2 aromatic rings. The maximum atomic E-state index is 9.68. The molecule has 2 unspecified atom stereocenters. The summed E-state index contributed by atoms with van der Waals surface area (Å²) in [5, 5.41) is 13.7. The van der Waals surface area contributed by atoms with Gasteiger partial charge in [0.05, 0.1) is 17.8 Å². The van der Waals surface area contributed by atoms with E-state index >= 15 is 0 Å². The third-order valence-corrected chi connectivity index (χ3v) is 4.22. The SMILES string of the molecule is CCC(c1nc(CSc2ccc(C)cc2)no1)C(C)O. The number of benzene rings is 1. The second-order valence-electron chi connectivity index (χ2n) is 4.91. The fourth-order valence-electron chi connectivity index (χ4n) is 1.98. The van der Waals surface area contributed by atoms with Gasteiger partial charge in [-0.3, -0.25) is 0 Å². The Morgan fingerprint density at radius 3 is 2.60 bits per heavy atom. The predicted octanol–water partition coefficient (Wildman–Crippen LogP) is 3.54. The Labute approximate surface area is 123 Å². The molecule has 0 radical (unpaired) electrons. The zero-order valence-corrected chi connectivity index (χ0v) is 12.9. The second-order valence-corrected chi connectivity index (χ2v) is 5.95. The van der Waals surface area contributed by atoms with Crippen molar-refractivity contribution in [2.24, 2.45) is 0 Å². The van der Waals surface area contributed by atoms with Crippen LogP contribution in [0.1, 0.15) is 43.5 Å². The quantitative estimate of drug-likeness (QED) is 0.825. The van der Waals surface area contributed by atoms with E-state index in [0.717, 1.165) is 6.42 Å². The number of rotatable bonds is 6. The molecule has 0 bridgehead atoms. The summed E-state index contributed by atoms with van der Waals surface area (Å²) in [5.41, 5.74) is 1.25. The molecule has 0 saturated heterocycles. The fourth-order valence-corrected chi connectivity index (χ4v) is 2.72. The van der Waals surface area contributed by atoms with Crippen molar-refractivity contribution in [3.05, 3.63) is 41.5 Å². The van der Waals surface area contributed by atoms with E-state index in [4.69, 9.17) is 4.52 Å². The lowest BCUT2D eigenvalue weighted by molar-refractivity contribution is 0.141. The molecule has 20 heavy (non-hydrogen) atoms. The Bertz CT molecular complexity index is 537. The zero-order chi connectivity index (χ0) is 14.5. The third kappa shape index (κ3) is 3.84. The highest BCUT2D eigenvalue weighted by Gasteiger charge is 2.21. The van der Waals surface area contributed by atoms with Gasteiger partial charge in [0.2, 0.25) is 5.89 Å². The van der Waals surface area contributed by atoms with E-state index in [1.54, 1.807) is 18.7 Å². The van der Waals surface area contributed by atoms with Crippen molar-refractivity contribution in [2.45, 2.75) is 49.9 Å². The van der Waals surface area contributed by atoms with Gasteiger partial charge in [0.25, 0.3) is 0 Å². The van der Waals surface area contributed by atoms with E-state index in [-0.39, 0.29) is 5.92 Å². The second kappa shape index (κ2) is 6.90. The molecule has 0 aliphatic carbocycles. The normalized spacial score (nSPS) is 14.2. The monoisotopic (exact) mass is 292 g/mol. The van der Waals surface area contributed by atoms with Gasteiger partial charge in [-0.1, -0.05) is 29.8 Å². The van der Waals surface area contributed by atoms with Gasteiger partial charge < -0.3 is 9.63 Å². The lowest BCUT2D eigenvalue weighted by Gasteiger charge is -2.12. The highest BCUT2D eigenvalue weighted by molar-refractivity contribution is 7.98. The molecule has 4 nitrogen and oxygen atoms in total. The molecule has 0 spiro atoms. The largest absolute Gasteiger partial charge is 0.393 e. The molecule has 0 aliphatic heterocycles. The number of hydrogen-bond donors (Lipinski definition) is 1. The van der Waals surface area contributed by atoms with Gasteiger partial charge in [0, 0.05) is 4.90 Å². The molecule has 1 aromatic carbocycles. The smallest absolute Gasteiger partial charge is 0.232 e. The average molecular weight is 292 g/mol. The van der Waals surface area contributed by atoms with E-state index in [0.29, 0.717) is 17.5 Å². The lowest BCUT2D eigenvalue weighted by Crippen LogP contribution is -2.14. The van der Waals surface area contributed by atoms with Crippen LogP contribution >= 0.6 is 11.8 Å². The molecular formula is C15H20N2O2S. The predicted molar refractivity (Wildman–Crippen MR) is 79.8 cm³/mol. The first kappa shape index (κ1) is 15.1. The summed E-state index contributed by atoms with van der Waals surface area (Å²) in [6.45, 7) is 5.82. The van der Waals surface area contributed by atoms with Crippen LogP contribution in [0.4, 0.5) is 0 Å². The highest BCUT2D eigenvalue weighted by Crippen LogP contribution is 2.25. The first-order valence-corrected chi connectivity index (χ1v) is 7.78. The fraction of sp³-hybridized carbons (Fsp3) is 0.467. The maximum absolute atomic E-state index is 9.68. The zero-order valence-electron chi connectivity index (χ0n) is 12.0. The summed E-state index contributed by atoms with van der Waals surface area (Å²) in [4.78, 5) is 5.56. The molecule has 108 valence electrons. The molecule has 1 N–H and O–H groups in total. The number of aliphatic hydroxyl groups is 1. The van der Waals surface area contributed by atoms with Crippen LogP contribution < -0.4 is 0 Å². The topological polar surface area (TPSA) is 59.2 Å². The van der Waals surface area contributed by atoms with E-state index < -0.39 is 6.10 Å². The number of aliphatic hydroxyl groups excluding tert-OH is 1. The van der Waals surface area contributed by atoms with Crippen LogP contribution in [0, 0.1) is 6.92 Å². The summed E-state index contributed by atoms with van der Waals surface area (Å²) < 4.78 is 5.25. The number of aryl methyl sites for hydroxylation is 1. The first-order chi connectivity index (χ1) is 9.60. The van der Waals surface area contributed by atoms with Gasteiger partial charge in [-0.05, 0) is 32.4 Å². The van der Waals surface area contributed by atoms with Gasteiger partial charge in [-0.25, -0.2) is 0 Å². The standard InChI is InChI=1S/C15H20N2O2S/c1-4-13(11(3)18)15-16-14(17-19-15)9-20-12-7-5-10(2)6-8-12/h5-8,11,13,18H,4,9H2,1-3H3. The number of nitrogens with zero attached hydrogens (tertiary/aromatic N) is 2. The molecule has 2 atom stereocenters. The van der Waals surface area contributed by atoms with Gasteiger partial charge in [0.15, 0.2) is 5.82 Å². The van der Waals surface area contributed by atoms with Crippen molar-refractivity contribution < 1.29 is 9.63 Å². The average Bonchev–Trinajstić information content (AvgIpc) is 2.87. The van der Waals surface area contributed by atoms with Crippen LogP contribution in [0.5, 0.6) is 0 Å². The van der Waals surface area contributed by atoms with E-state index in [1.165, 1.54) is 10.5 Å². The summed E-state index contributed by atoms with van der Waals surface area (Å²) in [5.74, 6) is 1.79. The Morgan fingerprint density at radius 2 is 2.00 bits per heavy atom. The summed E-state index contributed by atoms with van der Waals surface area (Å²) >= 11 is 1.68. The van der Waals surface area contributed by atoms with Crippen molar-refractivity contribution in [3.8, 4) is 0 Å². The molecule has 0 aliphatic rings. The molecule has 0 saturated carbocycles. The molecular weight excluding hydrogens is 272 g/mol. The van der Waals surface area contributed by atoms with Gasteiger partial charge in [-0.2, -0.15) is 4.98 Å². The summed E-state index contributed by atoms with van der Waals surface area (Å²) in [6.07, 6.45) is 0.308. The Kier molecular flexibility index (Phi) is 5.20. The van der Waals surface area contributed by atoms with Gasteiger partial charge in [0.1, 0.15) is 0 Å². The minimum Gasteiger partial charge on any atom is -0.393 e. The molecule has 1 heterocycles. The molecule has 1 aromatic heterocycles. The number of hydrogen-bond acceptors (Lipinski definition) is 5. The highest BCUT2D eigenvalue weighted by atomic mass is 32.2. The van der Waals surface area contributed by atoms with Crippen LogP contribution in [-0.4, -0.2) is 21.4 Å². The lowest BCUT2D eigenvalue weighted by atomic mass is 10.0. The van der Waals surface area contributed by atoms with Crippen molar-refractivity contribution in [1.82, 2.24) is 10.1 Å². The van der Waals surface area contributed by atoms with Crippen LogP contribution in [0.15, 0.2) is 33.7 Å². The molecule has 0 fully saturated rings. The third-order valence-electron chi connectivity index (χ3n) is 3.21. The first-order valence-electron chi connectivity index (χ1n) is 6.80. The van der Waals surface area contributed by atoms with Gasteiger partial charge in [-0.15, -0.1) is 11.8 Å². The number of aromatic nitrogens is 2. The van der Waals surface area contributed by atoms with Crippen molar-refractivity contribution in [2.75, 3.05) is 0 Å². The van der Waals surface area contributed by atoms with Crippen molar-refractivity contribution in [3.63, 3.8) is 0 Å². The van der Waals surface area contributed by atoms with E-state index in [9.17, 15) is 5.11 Å². The minimum absolute atomic E-state index is 0.0828.